The lowest BCUT2D eigenvalue weighted by Gasteiger charge is -2.05. The van der Waals surface area contributed by atoms with Crippen LogP contribution in [0, 0.1) is 0 Å². The number of nitrogens with one attached hydrogen (secondary N) is 1. The summed E-state index contributed by atoms with van der Waals surface area (Å²) < 4.78 is 5.32. The number of carbonyl (C=O) groups is 1. The van der Waals surface area contributed by atoms with Crippen molar-refractivity contribution < 1.29 is 14.6 Å². The number of carboxylic acids is 1. The van der Waals surface area contributed by atoms with Gasteiger partial charge in [0, 0.05) is 0 Å². The molecule has 1 aromatic rings. The molecule has 1 aromatic carbocycles. The third kappa shape index (κ3) is 4.79. The average Bonchev–Trinajstić information content (AvgIpc) is 2.27. The minimum atomic E-state index is -0.827. The van der Waals surface area contributed by atoms with Crippen LogP contribution in [-0.4, -0.2) is 30.8 Å². The summed E-state index contributed by atoms with van der Waals surface area (Å²) in [6.07, 6.45) is 0.819. The second-order valence-corrected chi connectivity index (χ2v) is 3.40. The Morgan fingerprint density at radius 2 is 2.06 bits per heavy atom. The fourth-order valence-corrected chi connectivity index (χ4v) is 1.35. The monoisotopic (exact) mass is 223 g/mol. The molecule has 0 fully saturated rings. The first-order valence-electron chi connectivity index (χ1n) is 5.36. The largest absolute Gasteiger partial charge is 0.494 e. The molecule has 0 saturated carbocycles. The lowest BCUT2D eigenvalue weighted by atomic mass is 10.1. The quantitative estimate of drug-likeness (QED) is 0.684. The first-order valence-corrected chi connectivity index (χ1v) is 5.36. The van der Waals surface area contributed by atoms with Crippen LogP contribution < -0.4 is 10.1 Å². The van der Waals surface area contributed by atoms with Crippen LogP contribution in [0.4, 0.5) is 0 Å². The van der Waals surface area contributed by atoms with Crippen molar-refractivity contribution in [3.05, 3.63) is 29.8 Å². The molecule has 0 spiro atoms. The molecular weight excluding hydrogens is 206 g/mol. The smallest absolute Gasteiger partial charge is 0.317 e. The highest BCUT2D eigenvalue weighted by molar-refractivity contribution is 5.68. The van der Waals surface area contributed by atoms with E-state index in [1.54, 1.807) is 0 Å². The zero-order valence-electron chi connectivity index (χ0n) is 9.40. The van der Waals surface area contributed by atoms with E-state index in [4.69, 9.17) is 9.84 Å². The fourth-order valence-electron chi connectivity index (χ4n) is 1.35. The Morgan fingerprint density at radius 1 is 1.38 bits per heavy atom. The maximum atomic E-state index is 10.2. The number of hydrogen-bond acceptors (Lipinski definition) is 3. The van der Waals surface area contributed by atoms with Crippen molar-refractivity contribution in [1.29, 1.82) is 0 Å². The topological polar surface area (TPSA) is 58.6 Å². The fraction of sp³-hybridized carbons (Fsp3) is 0.417. The summed E-state index contributed by atoms with van der Waals surface area (Å²) in [6, 6.07) is 7.84. The molecule has 0 saturated heterocycles. The van der Waals surface area contributed by atoms with Crippen LogP contribution in [0.25, 0.3) is 0 Å². The molecule has 88 valence electrons. The van der Waals surface area contributed by atoms with Gasteiger partial charge in [0.2, 0.25) is 0 Å². The van der Waals surface area contributed by atoms with Gasteiger partial charge in [-0.25, -0.2) is 0 Å². The molecule has 0 atom stereocenters. The standard InChI is InChI=1S/C12H17NO3/c1-2-16-11-5-3-10(4-6-11)7-8-13-9-12(14)15/h3-6,13H,2,7-9H2,1H3,(H,14,15). The molecule has 0 aromatic heterocycles. The lowest BCUT2D eigenvalue weighted by Crippen LogP contribution is -2.24. The average molecular weight is 223 g/mol. The molecule has 0 aliphatic rings. The molecule has 0 radical (unpaired) electrons. The van der Waals surface area contributed by atoms with Gasteiger partial charge >= 0.3 is 5.97 Å². The summed E-state index contributed by atoms with van der Waals surface area (Å²) in [4.78, 5) is 10.2. The molecule has 0 bridgehead atoms. The predicted molar refractivity (Wildman–Crippen MR) is 61.8 cm³/mol. The van der Waals surface area contributed by atoms with Crippen molar-refractivity contribution in [3.63, 3.8) is 0 Å². The summed E-state index contributed by atoms with van der Waals surface area (Å²) in [5.74, 6) is 0.0384. The van der Waals surface area contributed by atoms with Crippen LogP contribution in [0.15, 0.2) is 24.3 Å². The van der Waals surface area contributed by atoms with Crippen LogP contribution in [0.2, 0.25) is 0 Å². The van der Waals surface area contributed by atoms with Gasteiger partial charge in [-0.05, 0) is 37.6 Å². The summed E-state index contributed by atoms with van der Waals surface area (Å²) in [5.41, 5.74) is 1.17. The maximum Gasteiger partial charge on any atom is 0.317 e. The number of ether oxygens (including phenoxy) is 1. The van der Waals surface area contributed by atoms with Crippen LogP contribution in [0.3, 0.4) is 0 Å². The van der Waals surface area contributed by atoms with E-state index in [0.29, 0.717) is 13.2 Å². The predicted octanol–water partition coefficient (Wildman–Crippen LogP) is 1.30. The molecular formula is C12H17NO3. The number of benzene rings is 1. The van der Waals surface area contributed by atoms with Gasteiger partial charge in [-0.1, -0.05) is 12.1 Å². The van der Waals surface area contributed by atoms with Gasteiger partial charge in [-0.2, -0.15) is 0 Å². The van der Waals surface area contributed by atoms with E-state index in [2.05, 4.69) is 5.32 Å². The molecule has 0 amide bonds. The Bertz CT molecular complexity index is 322. The van der Waals surface area contributed by atoms with Crippen molar-refractivity contribution in [1.82, 2.24) is 5.32 Å². The van der Waals surface area contributed by atoms with E-state index in [0.717, 1.165) is 12.2 Å². The second kappa shape index (κ2) is 6.85. The van der Waals surface area contributed by atoms with Crippen molar-refractivity contribution in [2.75, 3.05) is 19.7 Å². The van der Waals surface area contributed by atoms with Gasteiger partial charge in [-0.15, -0.1) is 0 Å². The van der Waals surface area contributed by atoms with Gasteiger partial charge in [0.15, 0.2) is 0 Å². The molecule has 0 heterocycles. The Balaban J connectivity index is 2.29. The summed E-state index contributed by atoms with van der Waals surface area (Å²) >= 11 is 0. The first kappa shape index (κ1) is 12.5. The highest BCUT2D eigenvalue weighted by atomic mass is 16.5. The maximum absolute atomic E-state index is 10.2. The zero-order chi connectivity index (χ0) is 11.8. The molecule has 0 aliphatic carbocycles. The SMILES string of the molecule is CCOc1ccc(CCNCC(=O)O)cc1. The summed E-state index contributed by atoms with van der Waals surface area (Å²) in [7, 11) is 0. The van der Waals surface area contributed by atoms with E-state index in [1.165, 1.54) is 5.56 Å². The second-order valence-electron chi connectivity index (χ2n) is 3.40. The normalized spacial score (nSPS) is 10.1. The van der Waals surface area contributed by atoms with E-state index >= 15 is 0 Å². The van der Waals surface area contributed by atoms with E-state index in [1.807, 2.05) is 31.2 Å². The molecule has 0 unspecified atom stereocenters. The van der Waals surface area contributed by atoms with Gasteiger partial charge in [0.1, 0.15) is 5.75 Å². The number of aliphatic carboxylic acids is 1. The van der Waals surface area contributed by atoms with E-state index in [9.17, 15) is 4.79 Å². The number of carboxylic acid groups (broad SMARTS) is 1. The highest BCUT2D eigenvalue weighted by Gasteiger charge is 1.97. The van der Waals surface area contributed by atoms with Gasteiger partial charge < -0.3 is 15.2 Å². The first-order chi connectivity index (χ1) is 7.72. The zero-order valence-corrected chi connectivity index (χ0v) is 9.40. The molecule has 0 aliphatic heterocycles. The van der Waals surface area contributed by atoms with Crippen LogP contribution in [0.1, 0.15) is 12.5 Å². The van der Waals surface area contributed by atoms with E-state index in [-0.39, 0.29) is 6.54 Å². The Labute approximate surface area is 95.2 Å². The summed E-state index contributed by atoms with van der Waals surface area (Å²) in [5, 5.41) is 11.3. The van der Waals surface area contributed by atoms with Crippen LogP contribution >= 0.6 is 0 Å². The van der Waals surface area contributed by atoms with Crippen LogP contribution in [0.5, 0.6) is 5.75 Å². The Morgan fingerprint density at radius 3 is 2.62 bits per heavy atom. The van der Waals surface area contributed by atoms with Crippen molar-refractivity contribution in [2.24, 2.45) is 0 Å². The Hall–Kier alpha value is -1.55. The molecule has 2 N–H and O–H groups in total. The van der Waals surface area contributed by atoms with Gasteiger partial charge in [0.25, 0.3) is 0 Å². The highest BCUT2D eigenvalue weighted by Crippen LogP contribution is 2.11. The molecule has 16 heavy (non-hydrogen) atoms. The number of hydrogen-bond donors (Lipinski definition) is 2. The van der Waals surface area contributed by atoms with Crippen molar-refractivity contribution >= 4 is 5.97 Å². The molecule has 1 rings (SSSR count). The summed E-state index contributed by atoms with van der Waals surface area (Å²) in [6.45, 7) is 3.29. The van der Waals surface area contributed by atoms with Crippen LogP contribution in [-0.2, 0) is 11.2 Å². The van der Waals surface area contributed by atoms with E-state index < -0.39 is 5.97 Å². The van der Waals surface area contributed by atoms with Gasteiger partial charge in [-0.3, -0.25) is 4.79 Å². The minimum Gasteiger partial charge on any atom is -0.494 e. The van der Waals surface area contributed by atoms with Crippen molar-refractivity contribution in [3.8, 4) is 5.75 Å². The third-order valence-corrected chi connectivity index (χ3v) is 2.10. The molecule has 4 nitrogen and oxygen atoms in total. The van der Waals surface area contributed by atoms with Gasteiger partial charge in [0.05, 0.1) is 13.2 Å². The minimum absolute atomic E-state index is 0.0109. The third-order valence-electron chi connectivity index (χ3n) is 2.10. The molecule has 4 heteroatoms. The Kier molecular flexibility index (Phi) is 5.36. The lowest BCUT2D eigenvalue weighted by molar-refractivity contribution is -0.135. The number of rotatable bonds is 7. The van der Waals surface area contributed by atoms with Crippen molar-refractivity contribution in [2.45, 2.75) is 13.3 Å².